The van der Waals surface area contributed by atoms with Gasteiger partial charge in [0, 0.05) is 19.1 Å². The van der Waals surface area contributed by atoms with Gasteiger partial charge in [0.2, 0.25) is 0 Å². The fraction of sp³-hybridized carbons (Fsp3) is 0.500. The zero-order valence-electron chi connectivity index (χ0n) is 10.7. The Morgan fingerprint density at radius 1 is 1.44 bits per heavy atom. The molecule has 0 bridgehead atoms. The van der Waals surface area contributed by atoms with Crippen LogP contribution >= 0.6 is 11.3 Å². The summed E-state index contributed by atoms with van der Waals surface area (Å²) in [6.07, 6.45) is 2.60. The number of nitrogens with one attached hydrogen (secondary N) is 1. The first kappa shape index (κ1) is 11.9. The molecule has 1 aromatic carbocycles. The van der Waals surface area contributed by atoms with Gasteiger partial charge in [-0.1, -0.05) is 23.5 Å². The molecule has 2 aromatic rings. The molecule has 1 N–H and O–H groups in total. The summed E-state index contributed by atoms with van der Waals surface area (Å²) in [6, 6.07) is 9.02. The maximum atomic E-state index is 4.74. The van der Waals surface area contributed by atoms with Gasteiger partial charge >= 0.3 is 0 Å². The van der Waals surface area contributed by atoms with Crippen molar-refractivity contribution in [2.45, 2.75) is 25.8 Å². The Morgan fingerprint density at radius 3 is 3.06 bits per heavy atom. The van der Waals surface area contributed by atoms with E-state index in [1.54, 1.807) is 11.3 Å². The van der Waals surface area contributed by atoms with Crippen molar-refractivity contribution in [3.05, 3.63) is 24.3 Å². The minimum atomic E-state index is 0.636. The van der Waals surface area contributed by atoms with Gasteiger partial charge in [0.25, 0.3) is 0 Å². The number of anilines is 1. The van der Waals surface area contributed by atoms with Gasteiger partial charge in [0.05, 0.1) is 10.2 Å². The highest BCUT2D eigenvalue weighted by Crippen LogP contribution is 2.28. The molecule has 0 saturated carbocycles. The van der Waals surface area contributed by atoms with Crippen LogP contribution in [0, 0.1) is 0 Å². The van der Waals surface area contributed by atoms with Gasteiger partial charge in [-0.25, -0.2) is 4.98 Å². The summed E-state index contributed by atoms with van der Waals surface area (Å²) in [5, 5.41) is 4.72. The second kappa shape index (κ2) is 5.24. The van der Waals surface area contributed by atoms with Crippen LogP contribution in [0.25, 0.3) is 10.2 Å². The van der Waals surface area contributed by atoms with Crippen LogP contribution in [0.1, 0.15) is 19.8 Å². The normalized spacial score (nSPS) is 19.5. The largest absolute Gasteiger partial charge is 0.347 e. The van der Waals surface area contributed by atoms with Crippen molar-refractivity contribution in [1.29, 1.82) is 0 Å². The number of hydrogen-bond donors (Lipinski definition) is 1. The first-order chi connectivity index (χ1) is 8.86. The lowest BCUT2D eigenvalue weighted by Crippen LogP contribution is -2.37. The van der Waals surface area contributed by atoms with E-state index >= 15 is 0 Å². The molecular formula is C14H19N3S. The Labute approximate surface area is 112 Å². The first-order valence-corrected chi connectivity index (χ1v) is 7.52. The van der Waals surface area contributed by atoms with Gasteiger partial charge in [-0.2, -0.15) is 0 Å². The van der Waals surface area contributed by atoms with Crippen LogP contribution in [0.4, 0.5) is 5.13 Å². The molecule has 1 aliphatic rings. The minimum absolute atomic E-state index is 0.636. The molecule has 0 amide bonds. The van der Waals surface area contributed by atoms with E-state index in [2.05, 4.69) is 41.4 Å². The summed E-state index contributed by atoms with van der Waals surface area (Å²) in [4.78, 5) is 7.14. The molecule has 2 heterocycles. The smallest absolute Gasteiger partial charge is 0.186 e. The molecule has 0 spiro atoms. The predicted molar refractivity (Wildman–Crippen MR) is 78.5 cm³/mol. The number of hydrogen-bond acceptors (Lipinski definition) is 4. The Morgan fingerprint density at radius 2 is 2.33 bits per heavy atom. The van der Waals surface area contributed by atoms with Crippen LogP contribution in [0.2, 0.25) is 0 Å². The number of benzene rings is 1. The van der Waals surface area contributed by atoms with Crippen LogP contribution in [0.15, 0.2) is 24.3 Å². The summed E-state index contributed by atoms with van der Waals surface area (Å²) in [6.45, 7) is 5.48. The molecule has 3 rings (SSSR count). The summed E-state index contributed by atoms with van der Waals surface area (Å²) in [7, 11) is 0. The van der Waals surface area contributed by atoms with E-state index in [0.29, 0.717) is 6.04 Å². The summed E-state index contributed by atoms with van der Waals surface area (Å²) >= 11 is 1.80. The SMILES string of the molecule is CCN(CC1CCCN1)c1nc2ccccc2s1. The quantitative estimate of drug-likeness (QED) is 0.917. The van der Waals surface area contributed by atoms with E-state index in [-0.39, 0.29) is 0 Å². The maximum absolute atomic E-state index is 4.74. The molecular weight excluding hydrogens is 242 g/mol. The van der Waals surface area contributed by atoms with Crippen molar-refractivity contribution in [3.63, 3.8) is 0 Å². The van der Waals surface area contributed by atoms with Crippen LogP contribution in [0.5, 0.6) is 0 Å². The number of likely N-dealkylation sites (N-methyl/N-ethyl adjacent to an activating group) is 1. The maximum Gasteiger partial charge on any atom is 0.186 e. The van der Waals surface area contributed by atoms with Crippen LogP contribution in [0.3, 0.4) is 0 Å². The average molecular weight is 261 g/mol. The lowest BCUT2D eigenvalue weighted by molar-refractivity contribution is 0.586. The van der Waals surface area contributed by atoms with Gasteiger partial charge in [-0.3, -0.25) is 0 Å². The summed E-state index contributed by atoms with van der Waals surface area (Å²) < 4.78 is 1.28. The molecule has 96 valence electrons. The number of nitrogens with zero attached hydrogens (tertiary/aromatic N) is 2. The minimum Gasteiger partial charge on any atom is -0.347 e. The van der Waals surface area contributed by atoms with Crippen molar-refractivity contribution < 1.29 is 0 Å². The number of aromatic nitrogens is 1. The van der Waals surface area contributed by atoms with Crippen molar-refractivity contribution in [1.82, 2.24) is 10.3 Å². The topological polar surface area (TPSA) is 28.2 Å². The molecule has 4 heteroatoms. The molecule has 3 nitrogen and oxygen atoms in total. The van der Waals surface area contributed by atoms with Gasteiger partial charge in [0.1, 0.15) is 0 Å². The zero-order valence-corrected chi connectivity index (χ0v) is 11.5. The van der Waals surface area contributed by atoms with Crippen molar-refractivity contribution >= 4 is 26.7 Å². The van der Waals surface area contributed by atoms with E-state index in [4.69, 9.17) is 4.98 Å². The second-order valence-corrected chi connectivity index (χ2v) is 5.81. The van der Waals surface area contributed by atoms with Crippen LogP contribution < -0.4 is 10.2 Å². The number of fused-ring (bicyclic) bond motifs is 1. The van der Waals surface area contributed by atoms with Gasteiger partial charge in [0.15, 0.2) is 5.13 Å². The average Bonchev–Trinajstić information content (AvgIpc) is 3.04. The lowest BCUT2D eigenvalue weighted by Gasteiger charge is -2.23. The Kier molecular flexibility index (Phi) is 3.48. The van der Waals surface area contributed by atoms with Crippen molar-refractivity contribution in [2.24, 2.45) is 0 Å². The molecule has 1 atom stereocenters. The Balaban J connectivity index is 1.81. The highest BCUT2D eigenvalue weighted by molar-refractivity contribution is 7.22. The number of para-hydroxylation sites is 1. The molecule has 18 heavy (non-hydrogen) atoms. The van der Waals surface area contributed by atoms with E-state index in [1.165, 1.54) is 24.1 Å². The highest BCUT2D eigenvalue weighted by atomic mass is 32.1. The van der Waals surface area contributed by atoms with Crippen LogP contribution in [-0.4, -0.2) is 30.7 Å². The molecule has 1 aliphatic heterocycles. The third-order valence-electron chi connectivity index (χ3n) is 3.54. The van der Waals surface area contributed by atoms with E-state index in [1.807, 2.05) is 0 Å². The Hall–Kier alpha value is -1.13. The third kappa shape index (κ3) is 2.35. The number of rotatable bonds is 4. The van der Waals surface area contributed by atoms with Crippen molar-refractivity contribution in [3.8, 4) is 0 Å². The molecule has 0 radical (unpaired) electrons. The zero-order chi connectivity index (χ0) is 12.4. The molecule has 1 aromatic heterocycles. The van der Waals surface area contributed by atoms with E-state index < -0.39 is 0 Å². The second-order valence-electron chi connectivity index (χ2n) is 4.80. The highest BCUT2D eigenvalue weighted by Gasteiger charge is 2.19. The van der Waals surface area contributed by atoms with E-state index in [0.717, 1.165) is 23.7 Å². The van der Waals surface area contributed by atoms with Gasteiger partial charge < -0.3 is 10.2 Å². The van der Waals surface area contributed by atoms with Gasteiger partial charge in [-0.05, 0) is 38.4 Å². The first-order valence-electron chi connectivity index (χ1n) is 6.70. The summed E-state index contributed by atoms with van der Waals surface area (Å²) in [5.74, 6) is 0. The Bertz CT molecular complexity index is 483. The predicted octanol–water partition coefficient (Wildman–Crippen LogP) is 2.87. The van der Waals surface area contributed by atoms with Crippen molar-refractivity contribution in [2.75, 3.05) is 24.5 Å². The number of thiazole rings is 1. The summed E-state index contributed by atoms with van der Waals surface area (Å²) in [5.41, 5.74) is 1.12. The lowest BCUT2D eigenvalue weighted by atomic mass is 10.2. The van der Waals surface area contributed by atoms with E-state index in [9.17, 15) is 0 Å². The fourth-order valence-electron chi connectivity index (χ4n) is 2.52. The molecule has 0 aliphatic carbocycles. The van der Waals surface area contributed by atoms with Crippen LogP contribution in [-0.2, 0) is 0 Å². The molecule has 1 saturated heterocycles. The molecule has 1 fully saturated rings. The standard InChI is InChI=1S/C14H19N3S/c1-2-17(10-11-6-5-9-15-11)14-16-12-7-3-4-8-13(12)18-14/h3-4,7-8,11,15H,2,5-6,9-10H2,1H3. The monoisotopic (exact) mass is 261 g/mol. The fourth-order valence-corrected chi connectivity index (χ4v) is 3.55. The molecule has 1 unspecified atom stereocenters. The third-order valence-corrected chi connectivity index (χ3v) is 4.64. The van der Waals surface area contributed by atoms with Gasteiger partial charge in [-0.15, -0.1) is 0 Å².